The number of hydrogen-bond donors (Lipinski definition) is 0. The molecule has 0 bridgehead atoms. The molecule has 5 aromatic rings. The van der Waals surface area contributed by atoms with Gasteiger partial charge in [-0.3, -0.25) is 9.69 Å². The number of halogens is 1. The van der Waals surface area contributed by atoms with Gasteiger partial charge in [-0.1, -0.05) is 77.6 Å². The number of carbonyl (C=O) groups is 1. The molecular weight excluding hydrogens is 561 g/mol. The van der Waals surface area contributed by atoms with Crippen molar-refractivity contribution in [1.82, 2.24) is 34.8 Å². The molecule has 1 aliphatic rings. The van der Waals surface area contributed by atoms with Gasteiger partial charge in [-0.2, -0.15) is 0 Å². The van der Waals surface area contributed by atoms with E-state index in [0.29, 0.717) is 48.5 Å². The second-order valence-corrected chi connectivity index (χ2v) is 11.5. The van der Waals surface area contributed by atoms with E-state index in [9.17, 15) is 9.18 Å². The lowest BCUT2D eigenvalue weighted by atomic mass is 9.96. The minimum Gasteiger partial charge on any atom is -0.335 e. The molecular formula is C33H32FN7OS. The number of amides is 1. The fraction of sp³-hybridized carbons (Fsp3) is 0.242. The van der Waals surface area contributed by atoms with Crippen molar-refractivity contribution in [3.8, 4) is 5.69 Å². The highest BCUT2D eigenvalue weighted by Crippen LogP contribution is 2.30. The van der Waals surface area contributed by atoms with E-state index in [-0.39, 0.29) is 23.5 Å². The Morgan fingerprint density at radius 2 is 1.42 bits per heavy atom. The Hall–Kier alpha value is -4.41. The summed E-state index contributed by atoms with van der Waals surface area (Å²) in [7, 11) is 0. The molecule has 218 valence electrons. The molecule has 3 aromatic carbocycles. The summed E-state index contributed by atoms with van der Waals surface area (Å²) >= 11 is 1.42. The van der Waals surface area contributed by atoms with Gasteiger partial charge in [0.2, 0.25) is 0 Å². The highest BCUT2D eigenvalue weighted by atomic mass is 32.2. The second-order valence-electron chi connectivity index (χ2n) is 10.5. The summed E-state index contributed by atoms with van der Waals surface area (Å²) in [6.07, 6.45) is 0. The molecule has 6 rings (SSSR count). The molecule has 0 radical (unpaired) electrons. The zero-order valence-electron chi connectivity index (χ0n) is 24.1. The van der Waals surface area contributed by atoms with Crippen molar-refractivity contribution >= 4 is 17.7 Å². The summed E-state index contributed by atoms with van der Waals surface area (Å²) < 4.78 is 15.3. The summed E-state index contributed by atoms with van der Waals surface area (Å²) in [4.78, 5) is 27.3. The average Bonchev–Trinajstić information content (AvgIpc) is 3.45. The van der Waals surface area contributed by atoms with E-state index in [1.165, 1.54) is 35.0 Å². The van der Waals surface area contributed by atoms with Gasteiger partial charge in [0.25, 0.3) is 5.91 Å². The van der Waals surface area contributed by atoms with Gasteiger partial charge in [0.05, 0.1) is 17.4 Å². The predicted octanol–water partition coefficient (Wildman–Crippen LogP) is 5.65. The maximum absolute atomic E-state index is 13.9. The Balaban J connectivity index is 1.24. The van der Waals surface area contributed by atoms with Gasteiger partial charge in [0.1, 0.15) is 5.82 Å². The molecule has 8 nitrogen and oxygen atoms in total. The zero-order chi connectivity index (χ0) is 29.8. The number of carbonyl (C=O) groups excluding carboxylic acids is 1. The second kappa shape index (κ2) is 12.8. The van der Waals surface area contributed by atoms with Crippen LogP contribution in [0.4, 0.5) is 4.39 Å². The highest BCUT2D eigenvalue weighted by molar-refractivity contribution is 7.98. The SMILES string of the molecule is Cc1cc(C)nc(SCc2c(C(=O)N3CCN(C(c4ccccc4)c4ccccc4)CC3)nnn2-c2ccc(F)cc2)n1. The Kier molecular flexibility index (Phi) is 8.57. The summed E-state index contributed by atoms with van der Waals surface area (Å²) in [5.74, 6) is -0.138. The molecule has 1 saturated heterocycles. The number of thioether (sulfide) groups is 1. The molecule has 43 heavy (non-hydrogen) atoms. The maximum Gasteiger partial charge on any atom is 0.276 e. The topological polar surface area (TPSA) is 80.0 Å². The van der Waals surface area contributed by atoms with Gasteiger partial charge < -0.3 is 4.90 Å². The number of piperazine rings is 1. The van der Waals surface area contributed by atoms with Gasteiger partial charge >= 0.3 is 0 Å². The molecule has 0 spiro atoms. The first-order valence-electron chi connectivity index (χ1n) is 14.2. The predicted molar refractivity (Wildman–Crippen MR) is 165 cm³/mol. The number of nitrogens with zero attached hydrogens (tertiary/aromatic N) is 7. The molecule has 0 aliphatic carbocycles. The summed E-state index contributed by atoms with van der Waals surface area (Å²) in [6.45, 7) is 6.41. The molecule has 1 fully saturated rings. The van der Waals surface area contributed by atoms with Crippen molar-refractivity contribution < 1.29 is 9.18 Å². The smallest absolute Gasteiger partial charge is 0.276 e. The number of hydrogen-bond acceptors (Lipinski definition) is 7. The van der Waals surface area contributed by atoms with Crippen molar-refractivity contribution in [2.75, 3.05) is 26.2 Å². The molecule has 3 heterocycles. The van der Waals surface area contributed by atoms with E-state index in [4.69, 9.17) is 0 Å². The molecule has 0 unspecified atom stereocenters. The van der Waals surface area contributed by atoms with E-state index in [1.54, 1.807) is 16.8 Å². The Labute approximate surface area is 254 Å². The van der Waals surface area contributed by atoms with E-state index in [0.717, 1.165) is 11.4 Å². The average molecular weight is 594 g/mol. The number of aromatic nitrogens is 5. The van der Waals surface area contributed by atoms with Gasteiger partial charge in [-0.05, 0) is 55.3 Å². The van der Waals surface area contributed by atoms with Crippen LogP contribution in [-0.4, -0.2) is 66.8 Å². The highest BCUT2D eigenvalue weighted by Gasteiger charge is 2.31. The molecule has 0 N–H and O–H groups in total. The lowest BCUT2D eigenvalue weighted by Gasteiger charge is -2.39. The van der Waals surface area contributed by atoms with Crippen LogP contribution in [0.5, 0.6) is 0 Å². The van der Waals surface area contributed by atoms with Crippen molar-refractivity contribution in [3.05, 3.63) is 131 Å². The quantitative estimate of drug-likeness (QED) is 0.170. The third-order valence-corrected chi connectivity index (χ3v) is 8.39. The summed E-state index contributed by atoms with van der Waals surface area (Å²) in [6, 6.07) is 29.0. The van der Waals surface area contributed by atoms with Crippen LogP contribution in [0.2, 0.25) is 0 Å². The van der Waals surface area contributed by atoms with Crippen molar-refractivity contribution in [2.45, 2.75) is 30.8 Å². The van der Waals surface area contributed by atoms with Gasteiger partial charge in [0.15, 0.2) is 10.9 Å². The zero-order valence-corrected chi connectivity index (χ0v) is 24.9. The minimum atomic E-state index is -0.345. The lowest BCUT2D eigenvalue weighted by molar-refractivity contribution is 0.0591. The molecule has 0 atom stereocenters. The normalized spacial score (nSPS) is 13.9. The van der Waals surface area contributed by atoms with Crippen LogP contribution < -0.4 is 0 Å². The van der Waals surface area contributed by atoms with Gasteiger partial charge in [-0.15, -0.1) is 5.10 Å². The first-order chi connectivity index (χ1) is 21.0. The Bertz CT molecular complexity index is 1630. The van der Waals surface area contributed by atoms with Crippen LogP contribution in [0.25, 0.3) is 5.69 Å². The maximum atomic E-state index is 13.9. The first-order valence-corrected chi connectivity index (χ1v) is 15.2. The third-order valence-electron chi connectivity index (χ3n) is 7.53. The monoisotopic (exact) mass is 593 g/mol. The lowest BCUT2D eigenvalue weighted by Crippen LogP contribution is -2.50. The number of aryl methyl sites for hydroxylation is 2. The van der Waals surface area contributed by atoms with E-state index in [2.05, 4.69) is 73.7 Å². The molecule has 10 heteroatoms. The molecule has 2 aromatic heterocycles. The van der Waals surface area contributed by atoms with Gasteiger partial charge in [-0.25, -0.2) is 19.0 Å². The Morgan fingerprint density at radius 3 is 2.00 bits per heavy atom. The van der Waals surface area contributed by atoms with Crippen LogP contribution in [0.3, 0.4) is 0 Å². The minimum absolute atomic E-state index is 0.101. The van der Waals surface area contributed by atoms with E-state index in [1.807, 2.05) is 36.9 Å². The van der Waals surface area contributed by atoms with Crippen molar-refractivity contribution in [2.24, 2.45) is 0 Å². The molecule has 1 amide bonds. The van der Waals surface area contributed by atoms with Crippen LogP contribution in [0.1, 0.15) is 44.7 Å². The van der Waals surface area contributed by atoms with Crippen LogP contribution in [0.15, 0.2) is 96.2 Å². The molecule has 1 aliphatic heterocycles. The van der Waals surface area contributed by atoms with Crippen molar-refractivity contribution in [1.29, 1.82) is 0 Å². The van der Waals surface area contributed by atoms with E-state index >= 15 is 0 Å². The van der Waals surface area contributed by atoms with Crippen LogP contribution in [-0.2, 0) is 5.75 Å². The standard InChI is InChI=1S/C33H32FN7OS/c1-23-21-24(2)36-33(35-23)43-22-29-30(37-38-41(29)28-15-13-27(34)14-16-28)32(42)40-19-17-39(18-20-40)31(25-9-5-3-6-10-25)26-11-7-4-8-12-26/h3-16,21,31H,17-20,22H2,1-2H3. The molecule has 0 saturated carbocycles. The first kappa shape index (κ1) is 28.7. The Morgan fingerprint density at radius 1 is 0.837 bits per heavy atom. The van der Waals surface area contributed by atoms with Crippen molar-refractivity contribution in [3.63, 3.8) is 0 Å². The number of rotatable bonds is 8. The summed E-state index contributed by atoms with van der Waals surface area (Å²) in [5.41, 5.74) is 5.74. The van der Waals surface area contributed by atoms with E-state index < -0.39 is 0 Å². The summed E-state index contributed by atoms with van der Waals surface area (Å²) in [5, 5.41) is 9.30. The van der Waals surface area contributed by atoms with Gasteiger partial charge in [0, 0.05) is 43.3 Å². The van der Waals surface area contributed by atoms with Crippen LogP contribution >= 0.6 is 11.8 Å². The fourth-order valence-electron chi connectivity index (χ4n) is 5.50. The third kappa shape index (κ3) is 6.50. The largest absolute Gasteiger partial charge is 0.335 e. The number of benzene rings is 3. The van der Waals surface area contributed by atoms with Crippen LogP contribution in [0, 0.1) is 19.7 Å². The fourth-order valence-corrected chi connectivity index (χ4v) is 6.44.